The fraction of sp³-hybridized carbons (Fsp3) is 0.600. The first-order valence-electron chi connectivity index (χ1n) is 7.16. The normalized spacial score (nSPS) is 16.4. The highest BCUT2D eigenvalue weighted by molar-refractivity contribution is 5.53. The van der Waals surface area contributed by atoms with Gasteiger partial charge in [-0.2, -0.15) is 13.2 Å². The lowest BCUT2D eigenvalue weighted by Gasteiger charge is -2.31. The summed E-state index contributed by atoms with van der Waals surface area (Å²) in [7, 11) is 0. The minimum atomic E-state index is -4.49. The molecule has 0 bridgehead atoms. The monoisotopic (exact) mass is 303 g/mol. The molecular formula is C15H20F3NO2. The molecule has 1 fully saturated rings. The molecule has 2 N–H and O–H groups in total. The van der Waals surface area contributed by atoms with Crippen LogP contribution in [0.2, 0.25) is 0 Å². The van der Waals surface area contributed by atoms with E-state index in [1.807, 2.05) is 4.90 Å². The van der Waals surface area contributed by atoms with Gasteiger partial charge in [-0.25, -0.2) is 0 Å². The van der Waals surface area contributed by atoms with Crippen molar-refractivity contribution in [2.45, 2.75) is 44.5 Å². The standard InChI is InChI=1S/C15H20F3NO2/c16-15(17,18)14-9-13(6-5-11(14)10-21)19(7-8-20)12-3-1-2-4-12/h5-6,9,12,20-21H,1-4,7-8,10H2. The molecule has 1 aliphatic carbocycles. The second kappa shape index (κ2) is 6.66. The number of aliphatic hydroxyl groups is 2. The molecule has 6 heteroatoms. The number of hydrogen-bond donors (Lipinski definition) is 2. The summed E-state index contributed by atoms with van der Waals surface area (Å²) >= 11 is 0. The van der Waals surface area contributed by atoms with Crippen molar-refractivity contribution in [3.05, 3.63) is 29.3 Å². The predicted octanol–water partition coefficient (Wildman–Crippen LogP) is 2.94. The Labute approximate surface area is 122 Å². The Bertz CT molecular complexity index is 470. The highest BCUT2D eigenvalue weighted by atomic mass is 19.4. The Morgan fingerprint density at radius 3 is 2.33 bits per heavy atom. The SMILES string of the molecule is OCCN(c1ccc(CO)c(C(F)(F)F)c1)C1CCCC1. The summed E-state index contributed by atoms with van der Waals surface area (Å²) in [5.41, 5.74) is -0.467. The molecule has 0 aliphatic heterocycles. The van der Waals surface area contributed by atoms with Gasteiger partial charge in [0.05, 0.1) is 18.8 Å². The van der Waals surface area contributed by atoms with Crippen molar-refractivity contribution in [1.29, 1.82) is 0 Å². The van der Waals surface area contributed by atoms with Crippen molar-refractivity contribution in [2.75, 3.05) is 18.1 Å². The van der Waals surface area contributed by atoms with Gasteiger partial charge in [-0.05, 0) is 30.5 Å². The molecule has 0 saturated heterocycles. The summed E-state index contributed by atoms with van der Waals surface area (Å²) in [6, 6.07) is 4.17. The quantitative estimate of drug-likeness (QED) is 0.879. The van der Waals surface area contributed by atoms with E-state index in [4.69, 9.17) is 5.11 Å². The minimum absolute atomic E-state index is 0.0976. The number of hydrogen-bond acceptors (Lipinski definition) is 3. The molecule has 1 aromatic rings. The van der Waals surface area contributed by atoms with Gasteiger partial charge in [-0.3, -0.25) is 0 Å². The Hall–Kier alpha value is -1.27. The number of halogens is 3. The van der Waals surface area contributed by atoms with E-state index < -0.39 is 18.3 Å². The van der Waals surface area contributed by atoms with Crippen molar-refractivity contribution in [3.63, 3.8) is 0 Å². The summed E-state index contributed by atoms with van der Waals surface area (Å²) in [4.78, 5) is 1.85. The van der Waals surface area contributed by atoms with Gasteiger partial charge in [0.1, 0.15) is 0 Å². The van der Waals surface area contributed by atoms with Crippen LogP contribution in [0.3, 0.4) is 0 Å². The molecule has 21 heavy (non-hydrogen) atoms. The molecule has 1 aliphatic rings. The highest BCUT2D eigenvalue weighted by Crippen LogP contribution is 2.36. The smallest absolute Gasteiger partial charge is 0.395 e. The van der Waals surface area contributed by atoms with Gasteiger partial charge in [0.2, 0.25) is 0 Å². The Morgan fingerprint density at radius 2 is 1.81 bits per heavy atom. The molecular weight excluding hydrogens is 283 g/mol. The topological polar surface area (TPSA) is 43.7 Å². The summed E-state index contributed by atoms with van der Waals surface area (Å²) in [5.74, 6) is 0. The fourth-order valence-corrected chi connectivity index (χ4v) is 2.99. The first-order valence-corrected chi connectivity index (χ1v) is 7.16. The summed E-state index contributed by atoms with van der Waals surface area (Å²) in [6.07, 6.45) is -0.498. The number of rotatable bonds is 5. The van der Waals surface area contributed by atoms with Gasteiger partial charge in [-0.15, -0.1) is 0 Å². The van der Waals surface area contributed by atoms with Crippen LogP contribution in [0.25, 0.3) is 0 Å². The van der Waals surface area contributed by atoms with Crippen molar-refractivity contribution in [3.8, 4) is 0 Å². The maximum atomic E-state index is 13.1. The van der Waals surface area contributed by atoms with E-state index in [0.29, 0.717) is 12.2 Å². The third-order valence-electron chi connectivity index (χ3n) is 4.01. The van der Waals surface area contributed by atoms with Crippen molar-refractivity contribution >= 4 is 5.69 Å². The van der Waals surface area contributed by atoms with Crippen LogP contribution in [-0.4, -0.2) is 29.4 Å². The number of alkyl halides is 3. The molecule has 0 heterocycles. The largest absolute Gasteiger partial charge is 0.416 e. The second-order valence-corrected chi connectivity index (χ2v) is 5.35. The zero-order valence-corrected chi connectivity index (χ0v) is 11.7. The number of benzene rings is 1. The molecule has 0 unspecified atom stereocenters. The van der Waals surface area contributed by atoms with Crippen LogP contribution in [0.5, 0.6) is 0 Å². The molecule has 2 rings (SSSR count). The molecule has 0 amide bonds. The maximum Gasteiger partial charge on any atom is 0.416 e. The summed E-state index contributed by atoms with van der Waals surface area (Å²) < 4.78 is 39.2. The molecule has 0 spiro atoms. The lowest BCUT2D eigenvalue weighted by Crippen LogP contribution is -2.35. The Balaban J connectivity index is 2.36. The molecule has 118 valence electrons. The summed E-state index contributed by atoms with van der Waals surface area (Å²) in [5, 5.41) is 18.3. The van der Waals surface area contributed by atoms with Crippen LogP contribution in [0.4, 0.5) is 18.9 Å². The third-order valence-corrected chi connectivity index (χ3v) is 4.01. The zero-order valence-electron chi connectivity index (χ0n) is 11.7. The van der Waals surface area contributed by atoms with E-state index in [-0.39, 0.29) is 18.2 Å². The van der Waals surface area contributed by atoms with Crippen LogP contribution >= 0.6 is 0 Å². The maximum absolute atomic E-state index is 13.1. The van der Waals surface area contributed by atoms with E-state index in [1.165, 1.54) is 6.07 Å². The second-order valence-electron chi connectivity index (χ2n) is 5.35. The third kappa shape index (κ3) is 3.68. The Kier molecular flexibility index (Phi) is 5.11. The highest BCUT2D eigenvalue weighted by Gasteiger charge is 2.34. The molecule has 0 radical (unpaired) electrons. The van der Waals surface area contributed by atoms with Crippen molar-refractivity contribution in [2.24, 2.45) is 0 Å². The molecule has 3 nitrogen and oxygen atoms in total. The van der Waals surface area contributed by atoms with Crippen LogP contribution < -0.4 is 4.90 Å². The van der Waals surface area contributed by atoms with Gasteiger partial charge in [-0.1, -0.05) is 18.9 Å². The van der Waals surface area contributed by atoms with Gasteiger partial charge in [0.25, 0.3) is 0 Å². The number of aliphatic hydroxyl groups excluding tert-OH is 2. The van der Waals surface area contributed by atoms with Crippen molar-refractivity contribution in [1.82, 2.24) is 0 Å². The van der Waals surface area contributed by atoms with Gasteiger partial charge < -0.3 is 15.1 Å². The van der Waals surface area contributed by atoms with Gasteiger partial charge >= 0.3 is 6.18 Å². The van der Waals surface area contributed by atoms with E-state index in [0.717, 1.165) is 31.7 Å². The molecule has 0 atom stereocenters. The summed E-state index contributed by atoms with van der Waals surface area (Å²) in [6.45, 7) is -0.418. The van der Waals surface area contributed by atoms with E-state index in [2.05, 4.69) is 0 Å². The molecule has 1 aromatic carbocycles. The van der Waals surface area contributed by atoms with Gasteiger partial charge in [0, 0.05) is 18.3 Å². The number of nitrogens with zero attached hydrogens (tertiary/aromatic N) is 1. The van der Waals surface area contributed by atoms with E-state index >= 15 is 0 Å². The van der Waals surface area contributed by atoms with Crippen LogP contribution in [0.1, 0.15) is 36.8 Å². The minimum Gasteiger partial charge on any atom is -0.395 e. The lowest BCUT2D eigenvalue weighted by atomic mass is 10.0. The Morgan fingerprint density at radius 1 is 1.14 bits per heavy atom. The van der Waals surface area contributed by atoms with Crippen LogP contribution in [0, 0.1) is 0 Å². The average Bonchev–Trinajstić information content (AvgIpc) is 2.97. The van der Waals surface area contributed by atoms with E-state index in [1.54, 1.807) is 6.07 Å². The zero-order chi connectivity index (χ0) is 15.5. The van der Waals surface area contributed by atoms with Crippen LogP contribution in [-0.2, 0) is 12.8 Å². The van der Waals surface area contributed by atoms with Crippen LogP contribution in [0.15, 0.2) is 18.2 Å². The predicted molar refractivity (Wildman–Crippen MR) is 74.1 cm³/mol. The molecule has 1 saturated carbocycles. The fourth-order valence-electron chi connectivity index (χ4n) is 2.99. The van der Waals surface area contributed by atoms with Crippen molar-refractivity contribution < 1.29 is 23.4 Å². The molecule has 0 aromatic heterocycles. The number of anilines is 1. The average molecular weight is 303 g/mol. The lowest BCUT2D eigenvalue weighted by molar-refractivity contribution is -0.138. The van der Waals surface area contributed by atoms with E-state index in [9.17, 15) is 18.3 Å². The first-order chi connectivity index (χ1) is 9.97. The van der Waals surface area contributed by atoms with Gasteiger partial charge in [0.15, 0.2) is 0 Å². The first kappa shape index (κ1) is 16.1.